The molecule has 0 heterocycles. The third-order valence-electron chi connectivity index (χ3n) is 6.44. The highest BCUT2D eigenvalue weighted by Crippen LogP contribution is 2.20. The molecule has 0 aromatic heterocycles. The molecule has 3 aromatic rings. The zero-order valence-electron chi connectivity index (χ0n) is 19.3. The van der Waals surface area contributed by atoms with Crippen molar-refractivity contribution in [1.29, 1.82) is 0 Å². The van der Waals surface area contributed by atoms with Gasteiger partial charge in [0.25, 0.3) is 0 Å². The van der Waals surface area contributed by atoms with E-state index in [2.05, 4.69) is 5.32 Å². The van der Waals surface area contributed by atoms with Gasteiger partial charge < -0.3 is 10.2 Å². The Hall–Kier alpha value is -3.47. The predicted octanol–water partition coefficient (Wildman–Crippen LogP) is 5.07. The number of carbonyl (C=O) groups is 2. The van der Waals surface area contributed by atoms with Gasteiger partial charge in [0.05, 0.1) is 6.42 Å². The van der Waals surface area contributed by atoms with Crippen molar-refractivity contribution in [2.75, 3.05) is 0 Å². The van der Waals surface area contributed by atoms with Gasteiger partial charge in [0, 0.05) is 19.0 Å². The molecule has 1 fully saturated rings. The molecule has 1 saturated carbocycles. The molecule has 176 valence electrons. The second-order valence-corrected chi connectivity index (χ2v) is 9.01. The number of nitrogens with one attached hydrogen (secondary N) is 1. The van der Waals surface area contributed by atoms with Gasteiger partial charge in [-0.2, -0.15) is 0 Å². The van der Waals surface area contributed by atoms with Crippen LogP contribution in [0.5, 0.6) is 0 Å². The summed E-state index contributed by atoms with van der Waals surface area (Å²) in [6, 6.07) is 25.0. The Morgan fingerprint density at radius 3 is 2.03 bits per heavy atom. The fourth-order valence-electron chi connectivity index (χ4n) is 4.58. The van der Waals surface area contributed by atoms with Crippen LogP contribution in [0.4, 0.5) is 4.39 Å². The van der Waals surface area contributed by atoms with Crippen molar-refractivity contribution >= 4 is 11.8 Å². The zero-order valence-corrected chi connectivity index (χ0v) is 19.3. The maximum atomic E-state index is 13.6. The van der Waals surface area contributed by atoms with Crippen molar-refractivity contribution in [3.8, 4) is 0 Å². The summed E-state index contributed by atoms with van der Waals surface area (Å²) < 4.78 is 13.4. The predicted molar refractivity (Wildman–Crippen MR) is 131 cm³/mol. The molecule has 5 heteroatoms. The number of benzene rings is 3. The van der Waals surface area contributed by atoms with Crippen LogP contribution in [0, 0.1) is 5.82 Å². The molecule has 3 aromatic carbocycles. The summed E-state index contributed by atoms with van der Waals surface area (Å²) in [5.41, 5.74) is 2.68. The number of halogens is 1. The highest BCUT2D eigenvalue weighted by molar-refractivity contribution is 5.89. The first-order valence-electron chi connectivity index (χ1n) is 12.0. The first-order chi connectivity index (χ1) is 16.6. The van der Waals surface area contributed by atoms with Gasteiger partial charge in [-0.3, -0.25) is 9.59 Å². The van der Waals surface area contributed by atoms with E-state index in [9.17, 15) is 14.0 Å². The number of hydrogen-bond donors (Lipinski definition) is 1. The summed E-state index contributed by atoms with van der Waals surface area (Å²) in [6.07, 6.45) is 4.73. The lowest BCUT2D eigenvalue weighted by atomic mass is 10.0. The van der Waals surface area contributed by atoms with Crippen molar-refractivity contribution < 1.29 is 14.0 Å². The second kappa shape index (κ2) is 11.6. The van der Waals surface area contributed by atoms with Crippen LogP contribution in [-0.4, -0.2) is 28.8 Å². The fraction of sp³-hybridized carbons (Fsp3) is 0.310. The average molecular weight is 459 g/mol. The molecule has 1 aliphatic carbocycles. The zero-order chi connectivity index (χ0) is 23.8. The first kappa shape index (κ1) is 23.7. The average Bonchev–Trinajstić information content (AvgIpc) is 3.37. The SMILES string of the molecule is O=C(NC1CCCC1)[C@@H](Cc1ccccc1)N(Cc1ccccc1)C(=O)Cc1ccc(F)cc1. The topological polar surface area (TPSA) is 49.4 Å². The minimum absolute atomic E-state index is 0.106. The summed E-state index contributed by atoms with van der Waals surface area (Å²) in [5.74, 6) is -0.604. The Morgan fingerprint density at radius 1 is 0.824 bits per heavy atom. The van der Waals surface area contributed by atoms with Crippen molar-refractivity contribution in [1.82, 2.24) is 10.2 Å². The van der Waals surface area contributed by atoms with E-state index >= 15 is 0 Å². The summed E-state index contributed by atoms with van der Waals surface area (Å²) in [5, 5.41) is 3.21. The van der Waals surface area contributed by atoms with Crippen LogP contribution >= 0.6 is 0 Å². The molecule has 0 saturated heterocycles. The molecule has 1 aliphatic rings. The second-order valence-electron chi connectivity index (χ2n) is 9.01. The smallest absolute Gasteiger partial charge is 0.243 e. The molecule has 1 N–H and O–H groups in total. The first-order valence-corrected chi connectivity index (χ1v) is 12.0. The van der Waals surface area contributed by atoms with Crippen LogP contribution in [0.15, 0.2) is 84.9 Å². The van der Waals surface area contributed by atoms with Crippen molar-refractivity contribution in [2.24, 2.45) is 0 Å². The van der Waals surface area contributed by atoms with Gasteiger partial charge in [-0.25, -0.2) is 4.39 Å². The van der Waals surface area contributed by atoms with Gasteiger partial charge in [-0.15, -0.1) is 0 Å². The lowest BCUT2D eigenvalue weighted by molar-refractivity contribution is -0.141. The molecule has 0 unspecified atom stereocenters. The van der Waals surface area contributed by atoms with Crippen LogP contribution in [-0.2, 0) is 29.0 Å². The largest absolute Gasteiger partial charge is 0.352 e. The molecule has 2 amide bonds. The standard InChI is InChI=1S/C29H31FN2O2/c30-25-17-15-23(16-18-25)20-28(33)32(21-24-11-5-2-6-12-24)27(19-22-9-3-1-4-10-22)29(34)31-26-13-7-8-14-26/h1-6,9-12,15-18,26-27H,7-8,13-14,19-21H2,(H,31,34)/t27-/m1/s1. The van der Waals surface area contributed by atoms with Gasteiger partial charge >= 0.3 is 0 Å². The number of amides is 2. The van der Waals surface area contributed by atoms with Crippen LogP contribution in [0.2, 0.25) is 0 Å². The summed E-state index contributed by atoms with van der Waals surface area (Å²) in [6.45, 7) is 0.330. The minimum atomic E-state index is -0.642. The molecule has 0 spiro atoms. The lowest BCUT2D eigenvalue weighted by Crippen LogP contribution is -2.52. The van der Waals surface area contributed by atoms with Gasteiger partial charge in [0.1, 0.15) is 11.9 Å². The minimum Gasteiger partial charge on any atom is -0.352 e. The Kier molecular flexibility index (Phi) is 8.08. The van der Waals surface area contributed by atoms with Crippen molar-refractivity contribution in [2.45, 2.75) is 57.2 Å². The van der Waals surface area contributed by atoms with Crippen molar-refractivity contribution in [3.63, 3.8) is 0 Å². The highest BCUT2D eigenvalue weighted by Gasteiger charge is 2.32. The van der Waals surface area contributed by atoms with E-state index in [1.54, 1.807) is 17.0 Å². The number of hydrogen-bond acceptors (Lipinski definition) is 2. The third-order valence-corrected chi connectivity index (χ3v) is 6.44. The summed E-state index contributed by atoms with van der Waals surface area (Å²) >= 11 is 0. The molecule has 0 aliphatic heterocycles. The molecular formula is C29H31FN2O2. The molecule has 1 atom stereocenters. The monoisotopic (exact) mass is 458 g/mol. The molecule has 0 bridgehead atoms. The Bertz CT molecular complexity index is 1060. The Labute approximate surface area is 200 Å². The highest BCUT2D eigenvalue weighted by atomic mass is 19.1. The van der Waals surface area contributed by atoms with Gasteiger partial charge in [-0.05, 0) is 41.7 Å². The summed E-state index contributed by atoms with van der Waals surface area (Å²) in [7, 11) is 0. The van der Waals surface area contributed by atoms with Crippen molar-refractivity contribution in [3.05, 3.63) is 107 Å². The molecule has 34 heavy (non-hydrogen) atoms. The normalized spacial score (nSPS) is 14.5. The van der Waals surface area contributed by atoms with E-state index < -0.39 is 6.04 Å². The molecular weight excluding hydrogens is 427 g/mol. The molecule has 0 radical (unpaired) electrons. The van der Waals surface area contributed by atoms with E-state index in [1.165, 1.54) is 12.1 Å². The van der Waals surface area contributed by atoms with Gasteiger partial charge in [0.15, 0.2) is 0 Å². The van der Waals surface area contributed by atoms with E-state index in [4.69, 9.17) is 0 Å². The van der Waals surface area contributed by atoms with Crippen LogP contribution < -0.4 is 5.32 Å². The van der Waals surface area contributed by atoms with Crippen LogP contribution in [0.1, 0.15) is 42.4 Å². The van der Waals surface area contributed by atoms with E-state index in [0.717, 1.165) is 42.4 Å². The molecule has 4 nitrogen and oxygen atoms in total. The van der Waals surface area contributed by atoms with E-state index in [1.807, 2.05) is 60.7 Å². The number of nitrogens with zero attached hydrogens (tertiary/aromatic N) is 1. The maximum absolute atomic E-state index is 13.6. The van der Waals surface area contributed by atoms with E-state index in [0.29, 0.717) is 13.0 Å². The van der Waals surface area contributed by atoms with Gasteiger partial charge in [0.2, 0.25) is 11.8 Å². The number of carbonyl (C=O) groups excluding carboxylic acids is 2. The molecule has 4 rings (SSSR count). The Balaban J connectivity index is 1.63. The fourth-order valence-corrected chi connectivity index (χ4v) is 4.58. The summed E-state index contributed by atoms with van der Waals surface area (Å²) in [4.78, 5) is 28.9. The lowest BCUT2D eigenvalue weighted by Gasteiger charge is -2.32. The quantitative estimate of drug-likeness (QED) is 0.487. The third kappa shape index (κ3) is 6.53. The number of rotatable bonds is 9. The van der Waals surface area contributed by atoms with Crippen LogP contribution in [0.3, 0.4) is 0 Å². The van der Waals surface area contributed by atoms with Gasteiger partial charge in [-0.1, -0.05) is 85.6 Å². The van der Waals surface area contributed by atoms with Crippen LogP contribution in [0.25, 0.3) is 0 Å². The Morgan fingerprint density at radius 2 is 1.41 bits per heavy atom. The van der Waals surface area contributed by atoms with E-state index in [-0.39, 0.29) is 30.1 Å². The maximum Gasteiger partial charge on any atom is 0.243 e.